The molecule has 0 rings (SSSR count). The molecule has 0 unspecified atom stereocenters. The van der Waals surface area contributed by atoms with Crippen molar-refractivity contribution in [2.75, 3.05) is 6.61 Å². The maximum absolute atomic E-state index is 8.73. The van der Waals surface area contributed by atoms with E-state index in [0.29, 0.717) is 0 Å². The number of hydrogen-bond acceptors (Lipinski definition) is 1. The molecule has 0 aliphatic heterocycles. The Morgan fingerprint density at radius 3 is 2.23 bits per heavy atom. The van der Waals surface area contributed by atoms with E-state index in [1.165, 1.54) is 11.1 Å². The van der Waals surface area contributed by atoms with Crippen molar-refractivity contribution in [3.8, 4) is 0 Å². The predicted octanol–water partition coefficient (Wildman–Crippen LogP) is 3.23. The molecule has 1 N–H and O–H groups in total. The molecular formula is C12H20O. The van der Waals surface area contributed by atoms with Crippen LogP contribution in [0.15, 0.2) is 35.5 Å². The molecule has 0 aromatic heterocycles. The number of aliphatic hydroxyl groups excluding tert-OH is 1. The summed E-state index contributed by atoms with van der Waals surface area (Å²) in [6, 6.07) is 0. The summed E-state index contributed by atoms with van der Waals surface area (Å²) >= 11 is 0. The van der Waals surface area contributed by atoms with E-state index >= 15 is 0 Å². The monoisotopic (exact) mass is 180 g/mol. The first kappa shape index (κ1) is 12.2. The van der Waals surface area contributed by atoms with E-state index in [1.54, 1.807) is 0 Å². The number of hydrogen-bond donors (Lipinski definition) is 1. The van der Waals surface area contributed by atoms with Crippen LogP contribution in [0.3, 0.4) is 0 Å². The lowest BCUT2D eigenvalue weighted by Crippen LogP contribution is -1.86. The molecule has 0 aromatic rings. The third kappa shape index (κ3) is 7.54. The summed E-state index contributed by atoms with van der Waals surface area (Å²) in [5.74, 6) is 0. The molecule has 1 nitrogen and oxygen atoms in total. The van der Waals surface area contributed by atoms with E-state index in [9.17, 15) is 0 Å². The summed E-state index contributed by atoms with van der Waals surface area (Å²) < 4.78 is 0. The largest absolute Gasteiger partial charge is 0.392 e. The van der Waals surface area contributed by atoms with Crippen molar-refractivity contribution < 1.29 is 5.11 Å². The van der Waals surface area contributed by atoms with Gasteiger partial charge in [0.1, 0.15) is 0 Å². The van der Waals surface area contributed by atoms with Gasteiger partial charge in [-0.25, -0.2) is 0 Å². The van der Waals surface area contributed by atoms with Gasteiger partial charge < -0.3 is 5.11 Å². The molecular weight excluding hydrogens is 160 g/mol. The molecule has 1 heteroatoms. The minimum atomic E-state index is 0.0897. The van der Waals surface area contributed by atoms with E-state index in [0.717, 1.165) is 18.4 Å². The smallest absolute Gasteiger partial charge is 0.0642 e. The van der Waals surface area contributed by atoms with Gasteiger partial charge in [0.15, 0.2) is 0 Å². The average Bonchev–Trinajstić information content (AvgIpc) is 2.10. The molecule has 0 saturated heterocycles. The standard InChI is InChI=1S/C12H20O/c1-10(2)5-6-11(3)7-8-12(4)9-13/h5,7,13H,4,6,8-9H2,1-3H3. The van der Waals surface area contributed by atoms with Crippen LogP contribution in [0.25, 0.3) is 0 Å². The van der Waals surface area contributed by atoms with Crippen LogP contribution in [-0.4, -0.2) is 11.7 Å². The van der Waals surface area contributed by atoms with Crippen LogP contribution < -0.4 is 0 Å². The van der Waals surface area contributed by atoms with Crippen LogP contribution in [0.4, 0.5) is 0 Å². The Bertz CT molecular complexity index is 217. The topological polar surface area (TPSA) is 20.2 Å². The van der Waals surface area contributed by atoms with Gasteiger partial charge in [-0.3, -0.25) is 0 Å². The SMILES string of the molecule is C=C(CO)CC=C(C)CC=C(C)C. The minimum absolute atomic E-state index is 0.0897. The Kier molecular flexibility index (Phi) is 6.25. The Balaban J connectivity index is 3.89. The molecule has 13 heavy (non-hydrogen) atoms. The first-order valence-corrected chi connectivity index (χ1v) is 4.62. The second-order valence-electron chi connectivity index (χ2n) is 3.65. The zero-order chi connectivity index (χ0) is 10.3. The summed E-state index contributed by atoms with van der Waals surface area (Å²) in [4.78, 5) is 0. The second-order valence-corrected chi connectivity index (χ2v) is 3.65. The molecule has 0 amide bonds. The van der Waals surface area contributed by atoms with E-state index in [2.05, 4.69) is 39.5 Å². The Morgan fingerprint density at radius 1 is 1.15 bits per heavy atom. The highest BCUT2D eigenvalue weighted by Gasteiger charge is 1.90. The molecule has 0 radical (unpaired) electrons. The lowest BCUT2D eigenvalue weighted by atomic mass is 10.1. The summed E-state index contributed by atoms with van der Waals surface area (Å²) in [5, 5.41) is 8.73. The van der Waals surface area contributed by atoms with Crippen molar-refractivity contribution in [1.82, 2.24) is 0 Å². The lowest BCUT2D eigenvalue weighted by Gasteiger charge is -1.99. The maximum Gasteiger partial charge on any atom is 0.0642 e. The van der Waals surface area contributed by atoms with Crippen molar-refractivity contribution >= 4 is 0 Å². The van der Waals surface area contributed by atoms with Crippen LogP contribution >= 0.6 is 0 Å². The first-order valence-electron chi connectivity index (χ1n) is 4.62. The fourth-order valence-electron chi connectivity index (χ4n) is 0.832. The van der Waals surface area contributed by atoms with Gasteiger partial charge in [-0.2, -0.15) is 0 Å². The molecule has 0 bridgehead atoms. The molecule has 0 heterocycles. The number of allylic oxidation sites excluding steroid dienone is 4. The van der Waals surface area contributed by atoms with Crippen LogP contribution in [0.1, 0.15) is 33.6 Å². The van der Waals surface area contributed by atoms with Crippen molar-refractivity contribution in [3.63, 3.8) is 0 Å². The zero-order valence-corrected chi connectivity index (χ0v) is 8.93. The highest BCUT2D eigenvalue weighted by Crippen LogP contribution is 2.07. The Hall–Kier alpha value is -0.820. The van der Waals surface area contributed by atoms with Gasteiger partial charge in [0.2, 0.25) is 0 Å². The van der Waals surface area contributed by atoms with E-state index in [1.807, 2.05) is 0 Å². The van der Waals surface area contributed by atoms with Crippen LogP contribution in [-0.2, 0) is 0 Å². The molecule has 0 aliphatic rings. The molecule has 0 aromatic carbocycles. The fraction of sp³-hybridized carbons (Fsp3) is 0.500. The van der Waals surface area contributed by atoms with E-state index in [4.69, 9.17) is 5.11 Å². The molecule has 0 atom stereocenters. The quantitative estimate of drug-likeness (QED) is 0.644. The first-order chi connectivity index (χ1) is 6.06. The van der Waals surface area contributed by atoms with Gasteiger partial charge in [0, 0.05) is 0 Å². The highest BCUT2D eigenvalue weighted by molar-refractivity contribution is 5.11. The van der Waals surface area contributed by atoms with Gasteiger partial charge in [0.25, 0.3) is 0 Å². The second kappa shape index (κ2) is 6.67. The lowest BCUT2D eigenvalue weighted by molar-refractivity contribution is 0.329. The summed E-state index contributed by atoms with van der Waals surface area (Å²) in [6.07, 6.45) is 6.12. The number of rotatable bonds is 5. The molecule has 74 valence electrons. The van der Waals surface area contributed by atoms with Crippen LogP contribution in [0, 0.1) is 0 Å². The summed E-state index contributed by atoms with van der Waals surface area (Å²) in [6.45, 7) is 10.1. The van der Waals surface area contributed by atoms with Crippen molar-refractivity contribution in [2.45, 2.75) is 33.6 Å². The molecule has 0 spiro atoms. The summed E-state index contributed by atoms with van der Waals surface area (Å²) in [5.41, 5.74) is 3.54. The highest BCUT2D eigenvalue weighted by atomic mass is 16.3. The molecule has 0 fully saturated rings. The zero-order valence-electron chi connectivity index (χ0n) is 8.93. The van der Waals surface area contributed by atoms with Crippen molar-refractivity contribution in [1.29, 1.82) is 0 Å². The third-order valence-corrected chi connectivity index (χ3v) is 1.80. The van der Waals surface area contributed by atoms with Gasteiger partial charge in [-0.1, -0.05) is 29.9 Å². The van der Waals surface area contributed by atoms with Gasteiger partial charge in [-0.05, 0) is 39.2 Å². The fourth-order valence-corrected chi connectivity index (χ4v) is 0.832. The molecule has 0 aliphatic carbocycles. The van der Waals surface area contributed by atoms with E-state index in [-0.39, 0.29) is 6.61 Å². The van der Waals surface area contributed by atoms with E-state index < -0.39 is 0 Å². The average molecular weight is 180 g/mol. The van der Waals surface area contributed by atoms with Crippen LogP contribution in [0.5, 0.6) is 0 Å². The van der Waals surface area contributed by atoms with Crippen molar-refractivity contribution in [3.05, 3.63) is 35.5 Å². The van der Waals surface area contributed by atoms with Gasteiger partial charge in [0.05, 0.1) is 6.61 Å². The van der Waals surface area contributed by atoms with Crippen molar-refractivity contribution in [2.24, 2.45) is 0 Å². The summed E-state index contributed by atoms with van der Waals surface area (Å²) in [7, 11) is 0. The van der Waals surface area contributed by atoms with Gasteiger partial charge in [-0.15, -0.1) is 0 Å². The minimum Gasteiger partial charge on any atom is -0.392 e. The normalized spacial score (nSPS) is 11.2. The molecule has 0 saturated carbocycles. The number of aliphatic hydroxyl groups is 1. The third-order valence-electron chi connectivity index (χ3n) is 1.80. The maximum atomic E-state index is 8.73. The predicted molar refractivity (Wildman–Crippen MR) is 58.6 cm³/mol. The Morgan fingerprint density at radius 2 is 1.77 bits per heavy atom. The van der Waals surface area contributed by atoms with Crippen LogP contribution in [0.2, 0.25) is 0 Å². The Labute approximate surface area is 81.5 Å². The van der Waals surface area contributed by atoms with Gasteiger partial charge >= 0.3 is 0 Å².